The second kappa shape index (κ2) is 9.95. The molecule has 1 aliphatic heterocycles. The van der Waals surface area contributed by atoms with Gasteiger partial charge in [-0.1, -0.05) is 12.1 Å². The fourth-order valence-electron chi connectivity index (χ4n) is 6.03. The van der Waals surface area contributed by atoms with Crippen LogP contribution in [0.3, 0.4) is 0 Å². The highest BCUT2D eigenvalue weighted by atomic mass is 16.3. The first-order valence-electron chi connectivity index (χ1n) is 14.4. The highest BCUT2D eigenvalue weighted by molar-refractivity contribution is 6.04. The topological polar surface area (TPSA) is 139 Å². The first-order chi connectivity index (χ1) is 20.0. The fourth-order valence-corrected chi connectivity index (χ4v) is 6.03. The molecule has 0 spiro atoms. The number of piperidine rings is 1. The predicted octanol–water partition coefficient (Wildman–Crippen LogP) is 3.98. The number of anilines is 2. The maximum absolute atomic E-state index is 13.2. The van der Waals surface area contributed by atoms with Crippen LogP contribution in [0.5, 0.6) is 0 Å². The van der Waals surface area contributed by atoms with E-state index in [1.165, 1.54) is 18.4 Å². The number of carbonyl (C=O) groups excluding carboxylic acids is 2. The molecule has 210 valence electrons. The standard InChI is InChI=1S/C31H33N7O3/c32-27-26-25(20-5-7-21(8-6-20)29(40)35-24-16-22(9-12-33-24)19-3-4-19)36-28(38(26)15-13-34-27)23-2-1-14-37(17-23)30(41)31(18-39)10-11-31/h5-9,12-13,15-16,19,23,39H,1-4,10-11,14,17-18H2,(H2,32,34)(H,33,35,40). The summed E-state index contributed by atoms with van der Waals surface area (Å²) >= 11 is 0. The molecule has 4 aromatic rings. The second-order valence-electron chi connectivity index (χ2n) is 11.7. The van der Waals surface area contributed by atoms with Crippen molar-refractivity contribution in [2.75, 3.05) is 30.7 Å². The molecule has 1 unspecified atom stereocenters. The van der Waals surface area contributed by atoms with Crippen molar-refractivity contribution in [2.24, 2.45) is 5.41 Å². The van der Waals surface area contributed by atoms with Crippen molar-refractivity contribution in [1.29, 1.82) is 0 Å². The summed E-state index contributed by atoms with van der Waals surface area (Å²) < 4.78 is 1.98. The van der Waals surface area contributed by atoms with E-state index in [2.05, 4.69) is 15.3 Å². The third-order valence-electron chi connectivity index (χ3n) is 8.79. The maximum atomic E-state index is 13.2. The number of hydrogen-bond acceptors (Lipinski definition) is 7. The molecule has 2 aliphatic carbocycles. The molecule has 0 radical (unpaired) electrons. The van der Waals surface area contributed by atoms with Crippen LogP contribution in [0.1, 0.15) is 72.1 Å². The summed E-state index contributed by atoms with van der Waals surface area (Å²) in [5, 5.41) is 12.7. The number of likely N-dealkylation sites (tertiary alicyclic amines) is 1. The van der Waals surface area contributed by atoms with Gasteiger partial charge in [-0.2, -0.15) is 0 Å². The van der Waals surface area contributed by atoms with Gasteiger partial charge in [0.15, 0.2) is 0 Å². The number of nitrogen functional groups attached to an aromatic ring is 1. The molecule has 10 nitrogen and oxygen atoms in total. The summed E-state index contributed by atoms with van der Waals surface area (Å²) in [6.45, 7) is 1.15. The van der Waals surface area contributed by atoms with Crippen LogP contribution in [-0.2, 0) is 4.79 Å². The SMILES string of the molecule is Nc1nccn2c(C3CCCN(C(=O)C4(CO)CC4)C3)nc(-c3ccc(C(=O)Nc4cc(C5CC5)ccn4)cc3)c12. The maximum Gasteiger partial charge on any atom is 0.256 e. The van der Waals surface area contributed by atoms with Crippen LogP contribution in [0.2, 0.25) is 0 Å². The molecule has 10 heteroatoms. The first-order valence-corrected chi connectivity index (χ1v) is 14.4. The number of fused-ring (bicyclic) bond motifs is 1. The van der Waals surface area contributed by atoms with Gasteiger partial charge in [-0.3, -0.25) is 14.0 Å². The van der Waals surface area contributed by atoms with E-state index in [-0.39, 0.29) is 24.3 Å². The van der Waals surface area contributed by atoms with Crippen molar-refractivity contribution in [1.82, 2.24) is 24.3 Å². The van der Waals surface area contributed by atoms with Crippen LogP contribution >= 0.6 is 0 Å². The molecule has 2 amide bonds. The van der Waals surface area contributed by atoms with Crippen molar-refractivity contribution < 1.29 is 14.7 Å². The number of pyridine rings is 1. The Morgan fingerprint density at radius 3 is 2.59 bits per heavy atom. The number of aromatic nitrogens is 4. The number of nitrogens with zero attached hydrogens (tertiary/aromatic N) is 5. The Hall–Kier alpha value is -4.31. The van der Waals surface area contributed by atoms with E-state index in [9.17, 15) is 14.7 Å². The monoisotopic (exact) mass is 551 g/mol. The summed E-state index contributed by atoms with van der Waals surface area (Å²) in [7, 11) is 0. The number of aliphatic hydroxyl groups excluding tert-OH is 1. The van der Waals surface area contributed by atoms with E-state index in [0.717, 1.165) is 37.1 Å². The normalized spacial score (nSPS) is 19.7. The Balaban J connectivity index is 1.15. The number of nitrogens with one attached hydrogen (secondary N) is 1. The number of benzene rings is 1. The summed E-state index contributed by atoms with van der Waals surface area (Å²) in [5.41, 5.74) is 9.72. The van der Waals surface area contributed by atoms with Crippen molar-refractivity contribution in [3.63, 3.8) is 0 Å². The second-order valence-corrected chi connectivity index (χ2v) is 11.7. The molecule has 1 saturated heterocycles. The zero-order chi connectivity index (χ0) is 28.1. The third-order valence-corrected chi connectivity index (χ3v) is 8.79. The summed E-state index contributed by atoms with van der Waals surface area (Å²) in [6, 6.07) is 11.3. The molecule has 4 N–H and O–H groups in total. The Morgan fingerprint density at radius 2 is 1.85 bits per heavy atom. The van der Waals surface area contributed by atoms with Crippen molar-refractivity contribution in [3.8, 4) is 11.3 Å². The van der Waals surface area contributed by atoms with E-state index >= 15 is 0 Å². The summed E-state index contributed by atoms with van der Waals surface area (Å²) in [4.78, 5) is 41.7. The van der Waals surface area contributed by atoms with Gasteiger partial charge < -0.3 is 21.1 Å². The molecule has 3 aliphatic rings. The Labute approximate surface area is 237 Å². The molecule has 4 heterocycles. The van der Waals surface area contributed by atoms with Crippen molar-refractivity contribution in [3.05, 3.63) is 71.9 Å². The Kier molecular flexibility index (Phi) is 6.23. The average molecular weight is 552 g/mol. The average Bonchev–Trinajstić information content (AvgIpc) is 3.94. The van der Waals surface area contributed by atoms with Gasteiger partial charge in [-0.25, -0.2) is 15.0 Å². The Morgan fingerprint density at radius 1 is 1.05 bits per heavy atom. The molecule has 0 bridgehead atoms. The van der Waals surface area contributed by atoms with Crippen molar-refractivity contribution in [2.45, 2.75) is 50.4 Å². The zero-order valence-corrected chi connectivity index (χ0v) is 22.8. The number of nitrogens with two attached hydrogens (primary N) is 1. The van der Waals surface area contributed by atoms with Gasteiger partial charge in [0.1, 0.15) is 28.7 Å². The van der Waals surface area contributed by atoms with Gasteiger partial charge in [0.2, 0.25) is 5.91 Å². The highest BCUT2D eigenvalue weighted by Crippen LogP contribution is 2.47. The van der Waals surface area contributed by atoms with Crippen LogP contribution in [0, 0.1) is 5.41 Å². The minimum Gasteiger partial charge on any atom is -0.395 e. The summed E-state index contributed by atoms with van der Waals surface area (Å²) in [5.74, 6) is 2.18. The van der Waals surface area contributed by atoms with Gasteiger partial charge in [0, 0.05) is 48.7 Å². The molecule has 1 aromatic carbocycles. The molecule has 3 aromatic heterocycles. The number of amides is 2. The molecule has 7 rings (SSSR count). The minimum atomic E-state index is -0.583. The highest BCUT2D eigenvalue weighted by Gasteiger charge is 2.51. The van der Waals surface area contributed by atoms with Gasteiger partial charge >= 0.3 is 0 Å². The van der Waals surface area contributed by atoms with Gasteiger partial charge in [0.25, 0.3) is 5.91 Å². The number of hydrogen-bond donors (Lipinski definition) is 3. The van der Waals surface area contributed by atoms with Gasteiger partial charge in [-0.05, 0) is 74.3 Å². The molecular weight excluding hydrogens is 518 g/mol. The number of carbonyl (C=O) groups is 2. The first kappa shape index (κ1) is 25.6. The van der Waals surface area contributed by atoms with Gasteiger partial charge in [0.05, 0.1) is 12.0 Å². The van der Waals surface area contributed by atoms with Crippen LogP contribution in [0.4, 0.5) is 11.6 Å². The molecule has 41 heavy (non-hydrogen) atoms. The molecule has 1 atom stereocenters. The lowest BCUT2D eigenvalue weighted by atomic mass is 9.95. The lowest BCUT2D eigenvalue weighted by molar-refractivity contribution is -0.139. The zero-order valence-electron chi connectivity index (χ0n) is 22.8. The lowest BCUT2D eigenvalue weighted by Gasteiger charge is -2.34. The van der Waals surface area contributed by atoms with E-state index < -0.39 is 5.41 Å². The number of aliphatic hydroxyl groups is 1. The van der Waals surface area contributed by atoms with Crippen LogP contribution in [0.25, 0.3) is 16.8 Å². The summed E-state index contributed by atoms with van der Waals surface area (Å²) in [6.07, 6.45) is 10.9. The molecular formula is C31H33N7O3. The van der Waals surface area contributed by atoms with Gasteiger partial charge in [-0.15, -0.1) is 0 Å². The van der Waals surface area contributed by atoms with E-state index in [1.54, 1.807) is 24.5 Å². The minimum absolute atomic E-state index is 0.0224. The van der Waals surface area contributed by atoms with E-state index in [0.29, 0.717) is 47.4 Å². The van der Waals surface area contributed by atoms with Crippen LogP contribution in [-0.4, -0.2) is 60.9 Å². The predicted molar refractivity (Wildman–Crippen MR) is 154 cm³/mol. The quantitative estimate of drug-likeness (QED) is 0.316. The van der Waals surface area contributed by atoms with Crippen LogP contribution < -0.4 is 11.1 Å². The van der Waals surface area contributed by atoms with Crippen molar-refractivity contribution >= 4 is 29.0 Å². The molecule has 2 saturated carbocycles. The number of rotatable bonds is 7. The van der Waals surface area contributed by atoms with Crippen LogP contribution in [0.15, 0.2) is 55.0 Å². The fraction of sp³-hybridized carbons (Fsp3) is 0.387. The molecule has 3 fully saturated rings. The largest absolute Gasteiger partial charge is 0.395 e. The van der Waals surface area contributed by atoms with E-state index in [4.69, 9.17) is 10.7 Å². The Bertz CT molecular complexity index is 1640. The number of imidazole rings is 1. The third kappa shape index (κ3) is 4.72. The smallest absolute Gasteiger partial charge is 0.256 e. The van der Waals surface area contributed by atoms with E-state index in [1.807, 2.05) is 39.8 Å². The lowest BCUT2D eigenvalue weighted by Crippen LogP contribution is -2.44.